The van der Waals surface area contributed by atoms with Crippen molar-refractivity contribution >= 4 is 12.4 Å². The Morgan fingerprint density at radius 3 is 2.30 bits per heavy atom. The fourth-order valence-electron chi connectivity index (χ4n) is 5.49. The lowest BCUT2D eigenvalue weighted by atomic mass is 9.84. The minimum Gasteiger partial charge on any atom is -0.464 e. The monoisotopic (exact) mass is 518 g/mol. The molecule has 0 atom stereocenters. The number of carbonyl (C=O) groups is 2. The molecule has 5 nitrogen and oxygen atoms in total. The molecule has 1 N–H and O–H groups in total. The predicted molar refractivity (Wildman–Crippen MR) is 136 cm³/mol. The maximum atomic E-state index is 13.9. The van der Waals surface area contributed by atoms with Gasteiger partial charge in [0.1, 0.15) is 6.10 Å². The van der Waals surface area contributed by atoms with E-state index in [2.05, 4.69) is 5.32 Å². The third kappa shape index (κ3) is 6.21. The number of halogens is 3. The van der Waals surface area contributed by atoms with Gasteiger partial charge in [-0.15, -0.1) is 0 Å². The van der Waals surface area contributed by atoms with Crippen molar-refractivity contribution in [3.05, 3.63) is 46.6 Å². The highest BCUT2D eigenvalue weighted by Crippen LogP contribution is 2.38. The first kappa shape index (κ1) is 27.3. The molecule has 2 aliphatic rings. The molecule has 2 aromatic rings. The topological polar surface area (TPSA) is 60.3 Å². The number of nitrogens with zero attached hydrogens (tertiary/aromatic N) is 1. The maximum Gasteiger partial charge on any atom is 0.416 e. The lowest BCUT2D eigenvalue weighted by Gasteiger charge is -2.34. The fourth-order valence-corrected chi connectivity index (χ4v) is 5.49. The first-order chi connectivity index (χ1) is 17.4. The average Bonchev–Trinajstić information content (AvgIpc) is 3.13. The van der Waals surface area contributed by atoms with Crippen LogP contribution in [0.5, 0.6) is 0 Å². The number of hydrogen-bond acceptors (Lipinski definition) is 3. The number of alkyl halides is 3. The van der Waals surface area contributed by atoms with Gasteiger partial charge in [0.15, 0.2) is 0 Å². The molecular formula is C29H37F3N2O3. The van der Waals surface area contributed by atoms with Gasteiger partial charge in [0.25, 0.3) is 12.4 Å². The molecule has 2 aliphatic carbocycles. The number of ether oxygens (including phenoxy) is 1. The highest BCUT2D eigenvalue weighted by molar-refractivity contribution is 5.97. The summed E-state index contributed by atoms with van der Waals surface area (Å²) in [4.78, 5) is 23.8. The summed E-state index contributed by atoms with van der Waals surface area (Å²) >= 11 is 0. The van der Waals surface area contributed by atoms with E-state index in [-0.39, 0.29) is 18.1 Å². The Labute approximate surface area is 216 Å². The maximum absolute atomic E-state index is 13.9. The molecule has 2 saturated carbocycles. The lowest BCUT2D eigenvalue weighted by molar-refractivity contribution is -0.138. The summed E-state index contributed by atoms with van der Waals surface area (Å²) < 4.78 is 48.7. The van der Waals surface area contributed by atoms with Crippen LogP contribution in [0.15, 0.2) is 24.3 Å². The van der Waals surface area contributed by atoms with Crippen LogP contribution >= 0.6 is 0 Å². The van der Waals surface area contributed by atoms with Crippen LogP contribution in [0.4, 0.5) is 13.2 Å². The Balaban J connectivity index is 1.74. The van der Waals surface area contributed by atoms with Crippen LogP contribution in [0.1, 0.15) is 92.9 Å². The predicted octanol–water partition coefficient (Wildman–Crippen LogP) is 6.79. The van der Waals surface area contributed by atoms with Crippen molar-refractivity contribution in [2.45, 2.75) is 103 Å². The van der Waals surface area contributed by atoms with Crippen LogP contribution in [-0.4, -0.2) is 29.1 Å². The van der Waals surface area contributed by atoms with Crippen molar-refractivity contribution in [2.24, 2.45) is 5.92 Å². The summed E-state index contributed by atoms with van der Waals surface area (Å²) in [5, 5.41) is 3.00. The molecule has 8 heteroatoms. The summed E-state index contributed by atoms with van der Waals surface area (Å²) in [5.74, 6) is 0.175. The largest absolute Gasteiger partial charge is 0.464 e. The zero-order valence-corrected chi connectivity index (χ0v) is 22.1. The van der Waals surface area contributed by atoms with E-state index < -0.39 is 17.2 Å². The highest BCUT2D eigenvalue weighted by atomic mass is 19.4. The summed E-state index contributed by atoms with van der Waals surface area (Å²) in [7, 11) is 0. The molecule has 0 radical (unpaired) electrons. The number of nitrogens with one attached hydrogen (secondary N) is 1. The van der Waals surface area contributed by atoms with E-state index in [9.17, 15) is 22.8 Å². The zero-order valence-electron chi connectivity index (χ0n) is 22.1. The normalized spacial score (nSPS) is 20.8. The van der Waals surface area contributed by atoms with Crippen LogP contribution < -0.4 is 5.32 Å². The summed E-state index contributed by atoms with van der Waals surface area (Å²) in [6, 6.07) is 5.91. The highest BCUT2D eigenvalue weighted by Gasteiger charge is 2.35. The Morgan fingerprint density at radius 1 is 1.05 bits per heavy atom. The molecule has 1 aromatic carbocycles. The van der Waals surface area contributed by atoms with E-state index in [1.165, 1.54) is 18.6 Å². The van der Waals surface area contributed by atoms with Crippen LogP contribution in [-0.2, 0) is 27.7 Å². The molecule has 0 aliphatic heterocycles. The van der Waals surface area contributed by atoms with E-state index in [4.69, 9.17) is 4.74 Å². The molecule has 0 bridgehead atoms. The SMILES string of the molecule is Cc1c(C(=O)NC2CC(OC=O)C2)cc(-c2cc(C(C)(C)C)cc(C(F)(F)F)c2)n1CC1CCCCC1. The first-order valence-corrected chi connectivity index (χ1v) is 13.2. The smallest absolute Gasteiger partial charge is 0.416 e. The third-order valence-corrected chi connectivity index (χ3v) is 7.88. The van der Waals surface area contributed by atoms with Crippen molar-refractivity contribution in [3.63, 3.8) is 0 Å². The van der Waals surface area contributed by atoms with Crippen LogP contribution in [0.3, 0.4) is 0 Å². The Bertz CT molecular complexity index is 1100. The van der Waals surface area contributed by atoms with Gasteiger partial charge in [-0.2, -0.15) is 13.2 Å². The van der Waals surface area contributed by atoms with Gasteiger partial charge in [-0.25, -0.2) is 0 Å². The van der Waals surface area contributed by atoms with Gasteiger partial charge in [0.05, 0.1) is 11.1 Å². The molecule has 1 heterocycles. The van der Waals surface area contributed by atoms with Gasteiger partial charge in [0, 0.05) is 36.8 Å². The summed E-state index contributed by atoms with van der Waals surface area (Å²) in [6.45, 7) is 8.67. The van der Waals surface area contributed by atoms with E-state index in [1.807, 2.05) is 38.3 Å². The lowest BCUT2D eigenvalue weighted by Crippen LogP contribution is -2.47. The first-order valence-electron chi connectivity index (χ1n) is 13.2. The molecule has 2 fully saturated rings. The molecule has 0 saturated heterocycles. The van der Waals surface area contributed by atoms with Gasteiger partial charge in [-0.05, 0) is 66.5 Å². The van der Waals surface area contributed by atoms with Crippen molar-refractivity contribution < 1.29 is 27.5 Å². The second-order valence-electron chi connectivity index (χ2n) is 11.7. The molecule has 4 rings (SSSR count). The van der Waals surface area contributed by atoms with Crippen molar-refractivity contribution in [3.8, 4) is 11.3 Å². The molecule has 202 valence electrons. The quantitative estimate of drug-likeness (QED) is 0.411. The van der Waals surface area contributed by atoms with Crippen molar-refractivity contribution in [1.82, 2.24) is 9.88 Å². The van der Waals surface area contributed by atoms with E-state index in [1.54, 1.807) is 6.07 Å². The number of benzene rings is 1. The number of amides is 1. The van der Waals surface area contributed by atoms with Gasteiger partial charge < -0.3 is 14.6 Å². The standard InChI is InChI=1S/C29H37F3N2O3/c1-18-25(27(36)33-23-13-24(14-23)37-17-35)15-26(34(18)16-19-8-6-5-7-9-19)20-10-21(28(2,3)4)12-22(11-20)29(30,31)32/h10-12,15,17,19,23-24H,5-9,13-14,16H2,1-4H3,(H,33,36). The zero-order chi connectivity index (χ0) is 27.0. The summed E-state index contributed by atoms with van der Waals surface area (Å²) in [5.41, 5.74) is 1.78. The Kier molecular flexibility index (Phi) is 7.77. The molecule has 1 aromatic heterocycles. The fraction of sp³-hybridized carbons (Fsp3) is 0.586. The van der Waals surface area contributed by atoms with Crippen molar-refractivity contribution in [1.29, 1.82) is 0 Å². The van der Waals surface area contributed by atoms with Crippen LogP contribution in [0, 0.1) is 12.8 Å². The minimum absolute atomic E-state index is 0.0944. The average molecular weight is 519 g/mol. The third-order valence-electron chi connectivity index (χ3n) is 7.88. The molecular weight excluding hydrogens is 481 g/mol. The number of hydrogen-bond donors (Lipinski definition) is 1. The summed E-state index contributed by atoms with van der Waals surface area (Å²) in [6.07, 6.45) is 2.12. The van der Waals surface area contributed by atoms with Gasteiger partial charge in [-0.1, -0.05) is 40.0 Å². The van der Waals surface area contributed by atoms with Crippen molar-refractivity contribution in [2.75, 3.05) is 0 Å². The van der Waals surface area contributed by atoms with Gasteiger partial charge in [0.2, 0.25) is 0 Å². The van der Waals surface area contributed by atoms with E-state index >= 15 is 0 Å². The van der Waals surface area contributed by atoms with E-state index in [0.29, 0.717) is 54.2 Å². The minimum atomic E-state index is -4.48. The Morgan fingerprint density at radius 2 is 1.70 bits per heavy atom. The number of rotatable bonds is 7. The molecule has 1 amide bonds. The Hall–Kier alpha value is -2.77. The van der Waals surface area contributed by atoms with E-state index in [0.717, 1.165) is 31.4 Å². The number of carbonyl (C=O) groups excluding carboxylic acids is 2. The second kappa shape index (κ2) is 10.5. The van der Waals surface area contributed by atoms with Crippen LogP contribution in [0.2, 0.25) is 0 Å². The molecule has 0 spiro atoms. The second-order valence-corrected chi connectivity index (χ2v) is 11.7. The molecule has 0 unspecified atom stereocenters. The van der Waals surface area contributed by atoms with Gasteiger partial charge in [-0.3, -0.25) is 9.59 Å². The number of aromatic nitrogens is 1. The van der Waals surface area contributed by atoms with Gasteiger partial charge >= 0.3 is 6.18 Å². The van der Waals surface area contributed by atoms with Crippen LogP contribution in [0.25, 0.3) is 11.3 Å². The molecule has 37 heavy (non-hydrogen) atoms.